The Morgan fingerprint density at radius 3 is 1.97 bits per heavy atom. The number of para-hydroxylation sites is 1. The number of aliphatic hydroxyl groups is 1. The molecule has 1 aliphatic heterocycles. The van der Waals surface area contributed by atoms with Crippen LogP contribution in [0.4, 0.5) is 0 Å². The molecule has 0 fully saturated rings. The maximum absolute atomic E-state index is 13.5. The second kappa shape index (κ2) is 7.96. The number of rotatable bonds is 5. The van der Waals surface area contributed by atoms with E-state index in [1.54, 1.807) is 0 Å². The molecule has 1 N–H and O–H groups in total. The molecular weight excluding hydrogens is 388 g/mol. The molecule has 0 bridgehead atoms. The lowest BCUT2D eigenvalue weighted by Crippen LogP contribution is -2.38. The Bertz CT molecular complexity index is 973. The number of hydrogen-bond donors (Lipinski definition) is 1. The largest absolute Gasteiger partial charge is 0.512 e. The molecule has 1 unspecified atom stereocenters. The number of allylic oxidation sites excluding steroid dienone is 4. The van der Waals surface area contributed by atoms with E-state index in [1.165, 1.54) is 0 Å². The van der Waals surface area contributed by atoms with E-state index in [9.17, 15) is 14.7 Å². The van der Waals surface area contributed by atoms with Crippen LogP contribution in [0.15, 0.2) is 46.9 Å². The van der Waals surface area contributed by atoms with Crippen molar-refractivity contribution in [1.29, 1.82) is 0 Å². The number of ether oxygens (including phenoxy) is 1. The van der Waals surface area contributed by atoms with E-state index in [1.807, 2.05) is 24.3 Å². The van der Waals surface area contributed by atoms with Gasteiger partial charge in [-0.1, -0.05) is 45.9 Å². The smallest absolute Gasteiger partial charge is 0.163 e. The molecule has 31 heavy (non-hydrogen) atoms. The Morgan fingerprint density at radius 1 is 0.839 bits per heavy atom. The first-order chi connectivity index (χ1) is 14.8. The van der Waals surface area contributed by atoms with E-state index in [0.29, 0.717) is 48.3 Å². The first kappa shape index (κ1) is 21.9. The van der Waals surface area contributed by atoms with Gasteiger partial charge < -0.3 is 9.84 Å². The van der Waals surface area contributed by atoms with Gasteiger partial charge in [-0.05, 0) is 42.6 Å². The van der Waals surface area contributed by atoms with Gasteiger partial charge in [-0.25, -0.2) is 0 Å². The van der Waals surface area contributed by atoms with Crippen LogP contribution < -0.4 is 4.74 Å². The summed E-state index contributed by atoms with van der Waals surface area (Å²) in [6, 6.07) is 7.64. The van der Waals surface area contributed by atoms with Crippen molar-refractivity contribution in [2.45, 2.75) is 85.0 Å². The van der Waals surface area contributed by atoms with E-state index in [0.717, 1.165) is 31.2 Å². The third kappa shape index (κ3) is 3.44. The topological polar surface area (TPSA) is 63.6 Å². The Kier molecular flexibility index (Phi) is 5.61. The molecule has 4 heteroatoms. The second-order valence-electron chi connectivity index (χ2n) is 9.74. The van der Waals surface area contributed by atoms with Crippen LogP contribution in [-0.4, -0.2) is 16.7 Å². The maximum Gasteiger partial charge on any atom is 0.163 e. The molecule has 1 aromatic rings. The molecule has 0 spiro atoms. The van der Waals surface area contributed by atoms with E-state index in [2.05, 4.69) is 27.7 Å². The van der Waals surface area contributed by atoms with Crippen molar-refractivity contribution in [3.8, 4) is 5.75 Å². The summed E-state index contributed by atoms with van der Waals surface area (Å²) in [7, 11) is 0. The maximum atomic E-state index is 13.5. The van der Waals surface area contributed by atoms with Crippen LogP contribution in [0.1, 0.15) is 90.5 Å². The predicted molar refractivity (Wildman–Crippen MR) is 121 cm³/mol. The van der Waals surface area contributed by atoms with Gasteiger partial charge in [-0.15, -0.1) is 0 Å². The SMILES string of the molecule is CCC1(CC)CC(=O)C(C2C3=C(CC(CC)(CC)CC3=O)Oc3ccccc32)=C(O)C1. The van der Waals surface area contributed by atoms with Crippen LogP contribution in [-0.2, 0) is 9.59 Å². The monoisotopic (exact) mass is 422 g/mol. The fraction of sp³-hybridized carbons (Fsp3) is 0.556. The molecular formula is C27H34O4. The molecule has 0 radical (unpaired) electrons. The zero-order chi connectivity index (χ0) is 22.4. The number of hydrogen-bond acceptors (Lipinski definition) is 4. The van der Waals surface area contributed by atoms with Crippen molar-refractivity contribution in [3.63, 3.8) is 0 Å². The summed E-state index contributed by atoms with van der Waals surface area (Å²) in [6.45, 7) is 8.42. The van der Waals surface area contributed by atoms with Crippen LogP contribution in [0, 0.1) is 10.8 Å². The molecule has 0 saturated heterocycles. The second-order valence-corrected chi connectivity index (χ2v) is 9.74. The summed E-state index contributed by atoms with van der Waals surface area (Å²) in [6.07, 6.45) is 5.58. The standard InChI is InChI=1S/C27H34O4/c1-5-26(6-2)13-18(28)24(19(29)14-26)23-17-11-9-10-12-21(17)31-22-16-27(7-3,8-4)15-20(30)25(22)23/h9-12,23,28H,5-8,13-16H2,1-4H3. The van der Waals surface area contributed by atoms with Gasteiger partial charge in [0.25, 0.3) is 0 Å². The number of ketones is 2. The summed E-state index contributed by atoms with van der Waals surface area (Å²) in [5, 5.41) is 11.2. The van der Waals surface area contributed by atoms with Gasteiger partial charge in [-0.2, -0.15) is 0 Å². The molecule has 1 atom stereocenters. The van der Waals surface area contributed by atoms with Crippen LogP contribution in [0.2, 0.25) is 0 Å². The Balaban J connectivity index is 1.89. The van der Waals surface area contributed by atoms with E-state index >= 15 is 0 Å². The van der Waals surface area contributed by atoms with Gasteiger partial charge in [-0.3, -0.25) is 9.59 Å². The Morgan fingerprint density at radius 2 is 1.39 bits per heavy atom. The molecule has 0 aromatic heterocycles. The minimum Gasteiger partial charge on any atom is -0.512 e. The molecule has 0 saturated carbocycles. The number of fused-ring (bicyclic) bond motifs is 1. The first-order valence-corrected chi connectivity index (χ1v) is 11.8. The van der Waals surface area contributed by atoms with Gasteiger partial charge in [0.15, 0.2) is 11.6 Å². The minimum absolute atomic E-state index is 0.0309. The number of aliphatic hydroxyl groups excluding tert-OH is 1. The predicted octanol–water partition coefficient (Wildman–Crippen LogP) is 6.57. The van der Waals surface area contributed by atoms with E-state index in [4.69, 9.17) is 4.74 Å². The third-order valence-corrected chi connectivity index (χ3v) is 8.40. The average Bonchev–Trinajstić information content (AvgIpc) is 2.77. The number of carbonyl (C=O) groups is 2. The van der Waals surface area contributed by atoms with Gasteiger partial charge in [0, 0.05) is 42.4 Å². The molecule has 1 aromatic carbocycles. The van der Waals surface area contributed by atoms with Crippen molar-refractivity contribution in [1.82, 2.24) is 0 Å². The summed E-state index contributed by atoms with van der Waals surface area (Å²) in [5.74, 6) is 1.04. The van der Waals surface area contributed by atoms with Gasteiger partial charge in [0.05, 0.1) is 5.92 Å². The van der Waals surface area contributed by atoms with Gasteiger partial charge in [0.1, 0.15) is 17.3 Å². The minimum atomic E-state index is -0.529. The molecule has 4 nitrogen and oxygen atoms in total. The van der Waals surface area contributed by atoms with Crippen molar-refractivity contribution in [2.75, 3.05) is 0 Å². The lowest BCUT2D eigenvalue weighted by Gasteiger charge is -2.43. The summed E-state index contributed by atoms with van der Waals surface area (Å²) >= 11 is 0. The highest BCUT2D eigenvalue weighted by Gasteiger charge is 2.48. The third-order valence-electron chi connectivity index (χ3n) is 8.40. The normalized spacial score (nSPS) is 24.6. The van der Waals surface area contributed by atoms with Crippen molar-refractivity contribution >= 4 is 11.6 Å². The van der Waals surface area contributed by atoms with Crippen LogP contribution in [0.3, 0.4) is 0 Å². The zero-order valence-electron chi connectivity index (χ0n) is 19.2. The highest BCUT2D eigenvalue weighted by molar-refractivity contribution is 6.06. The lowest BCUT2D eigenvalue weighted by molar-refractivity contribution is -0.120. The summed E-state index contributed by atoms with van der Waals surface area (Å²) in [5.41, 5.74) is 1.52. The van der Waals surface area contributed by atoms with Crippen molar-refractivity contribution in [2.24, 2.45) is 10.8 Å². The highest BCUT2D eigenvalue weighted by Crippen LogP contribution is 2.54. The summed E-state index contributed by atoms with van der Waals surface area (Å²) < 4.78 is 6.28. The van der Waals surface area contributed by atoms with Crippen LogP contribution >= 0.6 is 0 Å². The van der Waals surface area contributed by atoms with Crippen LogP contribution in [0.25, 0.3) is 0 Å². The van der Waals surface area contributed by atoms with Crippen molar-refractivity contribution < 1.29 is 19.4 Å². The molecule has 3 aliphatic rings. The lowest BCUT2D eigenvalue weighted by atomic mass is 9.63. The zero-order valence-corrected chi connectivity index (χ0v) is 19.2. The molecule has 1 heterocycles. The number of carbonyl (C=O) groups excluding carboxylic acids is 2. The molecule has 2 aliphatic carbocycles. The average molecular weight is 423 g/mol. The van der Waals surface area contributed by atoms with Gasteiger partial charge in [0.2, 0.25) is 0 Å². The molecule has 4 rings (SSSR count). The quantitative estimate of drug-likeness (QED) is 0.583. The first-order valence-electron chi connectivity index (χ1n) is 11.8. The Hall–Kier alpha value is -2.36. The Labute approximate surface area is 185 Å². The van der Waals surface area contributed by atoms with Gasteiger partial charge >= 0.3 is 0 Å². The molecule has 0 amide bonds. The summed E-state index contributed by atoms with van der Waals surface area (Å²) in [4.78, 5) is 27.0. The fourth-order valence-electron chi connectivity index (χ4n) is 5.84. The fourth-order valence-corrected chi connectivity index (χ4v) is 5.84. The van der Waals surface area contributed by atoms with E-state index in [-0.39, 0.29) is 28.2 Å². The molecule has 166 valence electrons. The number of Topliss-reactive ketones (excluding diaryl/α,β-unsaturated/α-hetero) is 2. The van der Waals surface area contributed by atoms with Crippen molar-refractivity contribution in [3.05, 3.63) is 52.5 Å². The van der Waals surface area contributed by atoms with Crippen LogP contribution in [0.5, 0.6) is 5.75 Å². The number of benzene rings is 1. The highest BCUT2D eigenvalue weighted by atomic mass is 16.5. The van der Waals surface area contributed by atoms with E-state index < -0.39 is 5.92 Å².